The molecule has 0 aromatic carbocycles. The molecule has 0 spiro atoms. The molecule has 0 saturated carbocycles. The molecule has 96 valence electrons. The van der Waals surface area contributed by atoms with E-state index in [0.717, 1.165) is 24.1 Å². The summed E-state index contributed by atoms with van der Waals surface area (Å²) in [5.41, 5.74) is 0.871. The SMILES string of the molecule is CCCc1sc(C(=O)OC(C)(C)C)cc1CC. The van der Waals surface area contributed by atoms with Gasteiger partial charge in [-0.15, -0.1) is 11.3 Å². The lowest BCUT2D eigenvalue weighted by atomic mass is 10.1. The van der Waals surface area contributed by atoms with E-state index < -0.39 is 5.60 Å². The Bertz CT molecular complexity index is 385. The number of aryl methyl sites for hydroxylation is 2. The van der Waals surface area contributed by atoms with E-state index in [1.807, 2.05) is 26.8 Å². The average Bonchev–Trinajstić information content (AvgIpc) is 2.59. The van der Waals surface area contributed by atoms with Gasteiger partial charge in [0.25, 0.3) is 0 Å². The summed E-state index contributed by atoms with van der Waals surface area (Å²) in [5, 5.41) is 0. The first-order valence-electron chi connectivity index (χ1n) is 6.22. The lowest BCUT2D eigenvalue weighted by Gasteiger charge is -2.18. The van der Waals surface area contributed by atoms with E-state index in [0.29, 0.717) is 0 Å². The molecule has 1 aromatic rings. The van der Waals surface area contributed by atoms with Crippen molar-refractivity contribution in [1.29, 1.82) is 0 Å². The molecular weight excluding hydrogens is 232 g/mol. The molecular formula is C14H22O2S. The van der Waals surface area contributed by atoms with Gasteiger partial charge in [0.2, 0.25) is 0 Å². The Morgan fingerprint density at radius 3 is 2.47 bits per heavy atom. The third-order valence-corrected chi connectivity index (χ3v) is 3.57. The molecule has 2 nitrogen and oxygen atoms in total. The number of carbonyl (C=O) groups excluding carboxylic acids is 1. The molecule has 0 bridgehead atoms. The fraction of sp³-hybridized carbons (Fsp3) is 0.643. The topological polar surface area (TPSA) is 26.3 Å². The van der Waals surface area contributed by atoms with Gasteiger partial charge in [0.05, 0.1) is 0 Å². The summed E-state index contributed by atoms with van der Waals surface area (Å²) >= 11 is 1.58. The van der Waals surface area contributed by atoms with Crippen molar-refractivity contribution in [3.8, 4) is 0 Å². The smallest absolute Gasteiger partial charge is 0.348 e. The van der Waals surface area contributed by atoms with Crippen LogP contribution in [-0.2, 0) is 17.6 Å². The van der Waals surface area contributed by atoms with Crippen molar-refractivity contribution >= 4 is 17.3 Å². The van der Waals surface area contributed by atoms with Gasteiger partial charge in [0.1, 0.15) is 10.5 Å². The normalized spacial score (nSPS) is 11.6. The van der Waals surface area contributed by atoms with E-state index in [-0.39, 0.29) is 5.97 Å². The summed E-state index contributed by atoms with van der Waals surface area (Å²) in [4.78, 5) is 14.0. The molecule has 1 rings (SSSR count). The molecule has 0 radical (unpaired) electrons. The number of rotatable bonds is 4. The molecule has 0 amide bonds. The molecule has 0 aliphatic rings. The molecule has 1 heterocycles. The Balaban J connectivity index is 2.88. The van der Waals surface area contributed by atoms with Crippen molar-refractivity contribution < 1.29 is 9.53 Å². The Morgan fingerprint density at radius 2 is 2.00 bits per heavy atom. The predicted octanol–water partition coefficient (Wildman–Crippen LogP) is 4.22. The maximum atomic E-state index is 11.9. The number of carbonyl (C=O) groups is 1. The van der Waals surface area contributed by atoms with Gasteiger partial charge in [-0.3, -0.25) is 0 Å². The number of hydrogen-bond donors (Lipinski definition) is 0. The van der Waals surface area contributed by atoms with E-state index in [9.17, 15) is 4.79 Å². The Labute approximate surface area is 108 Å². The van der Waals surface area contributed by atoms with Gasteiger partial charge in [-0.25, -0.2) is 4.79 Å². The van der Waals surface area contributed by atoms with Crippen LogP contribution in [0.15, 0.2) is 6.07 Å². The molecule has 0 aliphatic carbocycles. The Morgan fingerprint density at radius 1 is 1.35 bits per heavy atom. The first-order valence-corrected chi connectivity index (χ1v) is 7.04. The summed E-state index contributed by atoms with van der Waals surface area (Å²) < 4.78 is 5.39. The van der Waals surface area contributed by atoms with Crippen LogP contribution in [0.1, 0.15) is 61.2 Å². The molecule has 3 heteroatoms. The lowest BCUT2D eigenvalue weighted by molar-refractivity contribution is 0.00752. The number of thiophene rings is 1. The fourth-order valence-corrected chi connectivity index (χ4v) is 2.87. The second kappa shape index (κ2) is 5.67. The van der Waals surface area contributed by atoms with E-state index in [2.05, 4.69) is 13.8 Å². The summed E-state index contributed by atoms with van der Waals surface area (Å²) in [6, 6.07) is 1.99. The van der Waals surface area contributed by atoms with Crippen LogP contribution in [0.3, 0.4) is 0 Å². The summed E-state index contributed by atoms with van der Waals surface area (Å²) in [6.45, 7) is 9.97. The predicted molar refractivity (Wildman–Crippen MR) is 72.9 cm³/mol. The number of esters is 1. The fourth-order valence-electron chi connectivity index (χ4n) is 1.63. The van der Waals surface area contributed by atoms with Crippen molar-refractivity contribution in [2.75, 3.05) is 0 Å². The van der Waals surface area contributed by atoms with Gasteiger partial charge in [-0.05, 0) is 45.2 Å². The third kappa shape index (κ3) is 4.15. The van der Waals surface area contributed by atoms with Gasteiger partial charge >= 0.3 is 5.97 Å². The molecule has 17 heavy (non-hydrogen) atoms. The van der Waals surface area contributed by atoms with Gasteiger partial charge in [0, 0.05) is 4.88 Å². The minimum atomic E-state index is -0.418. The first kappa shape index (κ1) is 14.2. The molecule has 1 aromatic heterocycles. The van der Waals surface area contributed by atoms with Crippen molar-refractivity contribution in [1.82, 2.24) is 0 Å². The van der Waals surface area contributed by atoms with Crippen molar-refractivity contribution in [2.45, 2.75) is 59.5 Å². The highest BCUT2D eigenvalue weighted by Gasteiger charge is 2.20. The van der Waals surface area contributed by atoms with Crippen LogP contribution in [0.2, 0.25) is 0 Å². The highest BCUT2D eigenvalue weighted by atomic mass is 32.1. The van der Waals surface area contributed by atoms with Crippen LogP contribution in [-0.4, -0.2) is 11.6 Å². The first-order chi connectivity index (χ1) is 7.87. The summed E-state index contributed by atoms with van der Waals surface area (Å²) in [6.07, 6.45) is 3.15. The maximum absolute atomic E-state index is 11.9. The molecule has 0 saturated heterocycles. The molecule has 0 atom stereocenters. The van der Waals surface area contributed by atoms with Crippen LogP contribution in [0.5, 0.6) is 0 Å². The second-order valence-corrected chi connectivity index (χ2v) is 6.30. The van der Waals surface area contributed by atoms with E-state index in [4.69, 9.17) is 4.74 Å². The quantitative estimate of drug-likeness (QED) is 0.752. The molecule has 0 fully saturated rings. The standard InChI is InChI=1S/C14H22O2S/c1-6-8-11-10(7-2)9-12(17-11)13(15)16-14(3,4)5/h9H,6-8H2,1-5H3. The van der Waals surface area contributed by atoms with Crippen LogP contribution in [0.25, 0.3) is 0 Å². The molecule has 0 unspecified atom stereocenters. The zero-order valence-corrected chi connectivity index (χ0v) is 12.2. The monoisotopic (exact) mass is 254 g/mol. The molecule has 0 aliphatic heterocycles. The van der Waals surface area contributed by atoms with Gasteiger partial charge in [-0.2, -0.15) is 0 Å². The Hall–Kier alpha value is -0.830. The lowest BCUT2D eigenvalue weighted by Crippen LogP contribution is -2.23. The highest BCUT2D eigenvalue weighted by molar-refractivity contribution is 7.14. The zero-order valence-electron chi connectivity index (χ0n) is 11.4. The van der Waals surface area contributed by atoms with E-state index in [1.54, 1.807) is 11.3 Å². The van der Waals surface area contributed by atoms with E-state index >= 15 is 0 Å². The van der Waals surface area contributed by atoms with E-state index in [1.165, 1.54) is 10.4 Å². The minimum absolute atomic E-state index is 0.195. The Kier molecular flexibility index (Phi) is 4.75. The summed E-state index contributed by atoms with van der Waals surface area (Å²) in [7, 11) is 0. The van der Waals surface area contributed by atoms with Crippen molar-refractivity contribution in [2.24, 2.45) is 0 Å². The maximum Gasteiger partial charge on any atom is 0.348 e. The minimum Gasteiger partial charge on any atom is -0.456 e. The highest BCUT2D eigenvalue weighted by Crippen LogP contribution is 2.26. The van der Waals surface area contributed by atoms with Crippen LogP contribution in [0.4, 0.5) is 0 Å². The van der Waals surface area contributed by atoms with Crippen LogP contribution < -0.4 is 0 Å². The summed E-state index contributed by atoms with van der Waals surface area (Å²) in [5.74, 6) is -0.195. The average molecular weight is 254 g/mol. The number of ether oxygens (including phenoxy) is 1. The second-order valence-electron chi connectivity index (χ2n) is 5.16. The van der Waals surface area contributed by atoms with Crippen LogP contribution >= 0.6 is 11.3 Å². The largest absolute Gasteiger partial charge is 0.456 e. The third-order valence-electron chi connectivity index (χ3n) is 2.35. The van der Waals surface area contributed by atoms with Crippen LogP contribution in [0, 0.1) is 0 Å². The van der Waals surface area contributed by atoms with Crippen molar-refractivity contribution in [3.05, 3.63) is 21.4 Å². The van der Waals surface area contributed by atoms with Gasteiger partial charge in [0.15, 0.2) is 0 Å². The zero-order chi connectivity index (χ0) is 13.1. The number of hydrogen-bond acceptors (Lipinski definition) is 3. The van der Waals surface area contributed by atoms with Gasteiger partial charge < -0.3 is 4.74 Å². The van der Waals surface area contributed by atoms with Gasteiger partial charge in [-0.1, -0.05) is 20.3 Å². The van der Waals surface area contributed by atoms with Crippen molar-refractivity contribution in [3.63, 3.8) is 0 Å². The molecule has 0 N–H and O–H groups in total.